The SMILES string of the molecule is CCCCCCn1c(CCl)nc2cc(Cl)c(F)cc21. The molecule has 0 saturated carbocycles. The van der Waals surface area contributed by atoms with Crippen LogP contribution < -0.4 is 0 Å². The molecule has 0 aliphatic heterocycles. The molecule has 0 fully saturated rings. The van der Waals surface area contributed by atoms with E-state index in [9.17, 15) is 4.39 Å². The summed E-state index contributed by atoms with van der Waals surface area (Å²) in [7, 11) is 0. The van der Waals surface area contributed by atoms with Gasteiger partial charge in [0, 0.05) is 12.6 Å². The Morgan fingerprint density at radius 3 is 2.74 bits per heavy atom. The zero-order chi connectivity index (χ0) is 13.8. The van der Waals surface area contributed by atoms with E-state index in [0.29, 0.717) is 11.4 Å². The molecular formula is C14H17Cl2FN2. The van der Waals surface area contributed by atoms with E-state index in [0.717, 1.165) is 30.7 Å². The monoisotopic (exact) mass is 302 g/mol. The second-order valence-electron chi connectivity index (χ2n) is 4.63. The highest BCUT2D eigenvalue weighted by Crippen LogP contribution is 2.25. The molecule has 2 aromatic rings. The predicted octanol–water partition coefficient (Wildman–Crippen LogP) is 5.15. The smallest absolute Gasteiger partial charge is 0.144 e. The lowest BCUT2D eigenvalue weighted by Crippen LogP contribution is -2.02. The molecule has 0 unspecified atom stereocenters. The van der Waals surface area contributed by atoms with E-state index in [-0.39, 0.29) is 5.02 Å². The molecule has 0 atom stereocenters. The number of halogens is 3. The van der Waals surface area contributed by atoms with Crippen molar-refractivity contribution < 1.29 is 4.39 Å². The topological polar surface area (TPSA) is 17.8 Å². The summed E-state index contributed by atoms with van der Waals surface area (Å²) < 4.78 is 15.6. The number of hydrogen-bond acceptors (Lipinski definition) is 1. The third-order valence-electron chi connectivity index (χ3n) is 3.22. The highest BCUT2D eigenvalue weighted by Gasteiger charge is 2.12. The van der Waals surface area contributed by atoms with Gasteiger partial charge in [0.05, 0.1) is 21.9 Å². The number of benzene rings is 1. The summed E-state index contributed by atoms with van der Waals surface area (Å²) >= 11 is 11.7. The number of imidazole rings is 1. The average Bonchev–Trinajstić information content (AvgIpc) is 2.73. The first-order chi connectivity index (χ1) is 9.17. The third-order valence-corrected chi connectivity index (χ3v) is 3.75. The van der Waals surface area contributed by atoms with E-state index in [1.165, 1.54) is 18.9 Å². The summed E-state index contributed by atoms with van der Waals surface area (Å²) in [5.74, 6) is 0.682. The standard InChI is InChI=1S/C14H17Cl2FN2/c1-2-3-4-5-6-19-13-8-11(17)10(16)7-12(13)18-14(19)9-15/h7-8H,2-6,9H2,1H3. The molecule has 1 aromatic carbocycles. The lowest BCUT2D eigenvalue weighted by atomic mass is 10.2. The molecule has 0 amide bonds. The van der Waals surface area contributed by atoms with Crippen molar-refractivity contribution in [3.05, 3.63) is 28.8 Å². The zero-order valence-corrected chi connectivity index (χ0v) is 12.4. The molecular weight excluding hydrogens is 286 g/mol. The van der Waals surface area contributed by atoms with E-state index < -0.39 is 5.82 Å². The summed E-state index contributed by atoms with van der Waals surface area (Å²) in [6.45, 7) is 2.99. The number of nitrogens with zero attached hydrogens (tertiary/aromatic N) is 2. The zero-order valence-electron chi connectivity index (χ0n) is 10.9. The van der Waals surface area contributed by atoms with E-state index in [2.05, 4.69) is 11.9 Å². The van der Waals surface area contributed by atoms with Gasteiger partial charge in [0.1, 0.15) is 11.6 Å². The molecule has 0 N–H and O–H groups in total. The molecule has 0 radical (unpaired) electrons. The fourth-order valence-electron chi connectivity index (χ4n) is 2.22. The maximum Gasteiger partial charge on any atom is 0.144 e. The van der Waals surface area contributed by atoms with Gasteiger partial charge in [-0.05, 0) is 12.5 Å². The van der Waals surface area contributed by atoms with E-state index in [1.54, 1.807) is 6.07 Å². The summed E-state index contributed by atoms with van der Waals surface area (Å²) in [5, 5.41) is 0.101. The Balaban J connectivity index is 2.31. The molecule has 19 heavy (non-hydrogen) atoms. The van der Waals surface area contributed by atoms with Crippen LogP contribution in [0.1, 0.15) is 38.4 Å². The van der Waals surface area contributed by atoms with Gasteiger partial charge in [-0.3, -0.25) is 0 Å². The van der Waals surface area contributed by atoms with Gasteiger partial charge in [0.25, 0.3) is 0 Å². The van der Waals surface area contributed by atoms with Gasteiger partial charge < -0.3 is 4.57 Å². The van der Waals surface area contributed by atoms with Gasteiger partial charge in [-0.2, -0.15) is 0 Å². The Morgan fingerprint density at radius 1 is 1.26 bits per heavy atom. The number of aryl methyl sites for hydroxylation is 1. The summed E-state index contributed by atoms with van der Waals surface area (Å²) in [6.07, 6.45) is 4.61. The van der Waals surface area contributed by atoms with Crippen molar-refractivity contribution in [2.24, 2.45) is 0 Å². The van der Waals surface area contributed by atoms with Gasteiger partial charge >= 0.3 is 0 Å². The van der Waals surface area contributed by atoms with Crippen LogP contribution in [0.2, 0.25) is 5.02 Å². The van der Waals surface area contributed by atoms with Crippen molar-refractivity contribution in [1.29, 1.82) is 0 Å². The van der Waals surface area contributed by atoms with Crippen LogP contribution in [0.5, 0.6) is 0 Å². The second-order valence-corrected chi connectivity index (χ2v) is 5.30. The number of unbranched alkanes of at least 4 members (excludes halogenated alkanes) is 3. The number of hydrogen-bond donors (Lipinski definition) is 0. The van der Waals surface area contributed by atoms with E-state index >= 15 is 0 Å². The quantitative estimate of drug-likeness (QED) is 0.533. The van der Waals surface area contributed by atoms with Crippen LogP contribution in [0.15, 0.2) is 12.1 Å². The predicted molar refractivity (Wildman–Crippen MR) is 78.4 cm³/mol. The lowest BCUT2D eigenvalue weighted by molar-refractivity contribution is 0.579. The van der Waals surface area contributed by atoms with Crippen molar-refractivity contribution in [2.45, 2.75) is 45.0 Å². The van der Waals surface area contributed by atoms with Gasteiger partial charge in [-0.25, -0.2) is 9.37 Å². The Hall–Kier alpha value is -0.800. The van der Waals surface area contributed by atoms with Crippen LogP contribution in [0.25, 0.3) is 11.0 Å². The van der Waals surface area contributed by atoms with Gasteiger partial charge in [-0.15, -0.1) is 11.6 Å². The Labute approximate surface area is 122 Å². The second kappa shape index (κ2) is 6.58. The number of alkyl halides is 1. The third kappa shape index (κ3) is 3.21. The van der Waals surface area contributed by atoms with Gasteiger partial charge in [0.15, 0.2) is 0 Å². The molecule has 0 saturated heterocycles. The molecule has 1 heterocycles. The first-order valence-corrected chi connectivity index (χ1v) is 7.48. The summed E-state index contributed by atoms with van der Waals surface area (Å²) in [5.41, 5.74) is 1.48. The Bertz CT molecular complexity index is 566. The van der Waals surface area contributed by atoms with Crippen LogP contribution >= 0.6 is 23.2 Å². The first-order valence-electron chi connectivity index (χ1n) is 6.57. The number of aromatic nitrogens is 2. The highest BCUT2D eigenvalue weighted by molar-refractivity contribution is 6.31. The summed E-state index contributed by atoms with van der Waals surface area (Å²) in [6, 6.07) is 3.01. The lowest BCUT2D eigenvalue weighted by Gasteiger charge is -2.07. The van der Waals surface area contributed by atoms with Crippen LogP contribution in [-0.4, -0.2) is 9.55 Å². The van der Waals surface area contributed by atoms with Gasteiger partial charge in [0.2, 0.25) is 0 Å². The number of fused-ring (bicyclic) bond motifs is 1. The minimum atomic E-state index is -0.412. The summed E-state index contributed by atoms with van der Waals surface area (Å²) in [4.78, 5) is 4.41. The van der Waals surface area contributed by atoms with E-state index in [4.69, 9.17) is 23.2 Å². The highest BCUT2D eigenvalue weighted by atomic mass is 35.5. The van der Waals surface area contributed by atoms with Crippen molar-refractivity contribution in [1.82, 2.24) is 9.55 Å². The minimum absolute atomic E-state index is 0.101. The maximum atomic E-state index is 13.6. The fourth-order valence-corrected chi connectivity index (χ4v) is 2.58. The first kappa shape index (κ1) is 14.6. The molecule has 0 spiro atoms. The van der Waals surface area contributed by atoms with E-state index in [1.807, 2.05) is 4.57 Å². The molecule has 1 aromatic heterocycles. The van der Waals surface area contributed by atoms with Crippen molar-refractivity contribution >= 4 is 34.2 Å². The van der Waals surface area contributed by atoms with Crippen LogP contribution in [-0.2, 0) is 12.4 Å². The number of rotatable bonds is 6. The molecule has 104 valence electrons. The van der Waals surface area contributed by atoms with Crippen LogP contribution in [0.3, 0.4) is 0 Å². The normalized spacial score (nSPS) is 11.4. The molecule has 0 aliphatic carbocycles. The Morgan fingerprint density at radius 2 is 2.05 bits per heavy atom. The fraction of sp³-hybridized carbons (Fsp3) is 0.500. The van der Waals surface area contributed by atoms with Crippen molar-refractivity contribution in [2.75, 3.05) is 0 Å². The van der Waals surface area contributed by atoms with Gasteiger partial charge in [-0.1, -0.05) is 37.8 Å². The maximum absolute atomic E-state index is 13.6. The van der Waals surface area contributed by atoms with Crippen LogP contribution in [0, 0.1) is 5.82 Å². The van der Waals surface area contributed by atoms with Crippen molar-refractivity contribution in [3.63, 3.8) is 0 Å². The molecule has 5 heteroatoms. The van der Waals surface area contributed by atoms with Crippen molar-refractivity contribution in [3.8, 4) is 0 Å². The molecule has 0 bridgehead atoms. The molecule has 0 aliphatic rings. The minimum Gasteiger partial charge on any atom is -0.327 e. The molecule has 2 rings (SSSR count). The molecule has 2 nitrogen and oxygen atoms in total. The Kier molecular flexibility index (Phi) is 5.06. The average molecular weight is 303 g/mol. The largest absolute Gasteiger partial charge is 0.327 e. The van der Waals surface area contributed by atoms with Crippen LogP contribution in [0.4, 0.5) is 4.39 Å².